The molecule has 5 heteroatoms. The molecule has 4 rings (SSSR count). The van der Waals surface area contributed by atoms with Gasteiger partial charge in [-0.2, -0.15) is 0 Å². The first kappa shape index (κ1) is 14.1. The number of pyridine rings is 1. The Bertz CT molecular complexity index is 886. The lowest BCUT2D eigenvalue weighted by atomic mass is 10.2. The highest BCUT2D eigenvalue weighted by Gasteiger charge is 2.15. The van der Waals surface area contributed by atoms with Gasteiger partial charge in [0.05, 0.1) is 22.9 Å². The number of anilines is 1. The van der Waals surface area contributed by atoms with Crippen molar-refractivity contribution in [2.75, 3.05) is 5.32 Å². The summed E-state index contributed by atoms with van der Waals surface area (Å²) in [6.45, 7) is 0. The average molecular weight is 308 g/mol. The van der Waals surface area contributed by atoms with Gasteiger partial charge in [-0.25, -0.2) is 9.78 Å². The maximum absolute atomic E-state index is 12.5. The Morgan fingerprint density at radius 3 is 2.52 bits per heavy atom. The number of benzene rings is 1. The highest BCUT2D eigenvalue weighted by molar-refractivity contribution is 5.78. The van der Waals surface area contributed by atoms with E-state index >= 15 is 0 Å². The fourth-order valence-corrected chi connectivity index (χ4v) is 3.43. The lowest BCUT2D eigenvalue weighted by Crippen LogP contribution is -2.21. The number of para-hydroxylation sites is 2. The summed E-state index contributed by atoms with van der Waals surface area (Å²) in [7, 11) is 1.80. The van der Waals surface area contributed by atoms with Crippen LogP contribution in [-0.2, 0) is 7.05 Å². The molecule has 0 bridgehead atoms. The van der Waals surface area contributed by atoms with Crippen molar-refractivity contribution in [1.29, 1.82) is 0 Å². The number of hydrogen-bond donors (Lipinski definition) is 1. The van der Waals surface area contributed by atoms with Crippen molar-refractivity contribution >= 4 is 16.9 Å². The van der Waals surface area contributed by atoms with Crippen LogP contribution in [0.2, 0.25) is 0 Å². The van der Waals surface area contributed by atoms with E-state index in [2.05, 4.69) is 10.3 Å². The first-order valence-corrected chi connectivity index (χ1v) is 8.13. The van der Waals surface area contributed by atoms with E-state index in [-0.39, 0.29) is 5.69 Å². The van der Waals surface area contributed by atoms with Gasteiger partial charge in [-0.3, -0.25) is 9.13 Å². The average Bonchev–Trinajstić information content (AvgIpc) is 3.17. The van der Waals surface area contributed by atoms with Gasteiger partial charge < -0.3 is 5.32 Å². The van der Waals surface area contributed by atoms with Crippen LogP contribution in [0.4, 0.5) is 5.82 Å². The van der Waals surface area contributed by atoms with Crippen LogP contribution in [0, 0.1) is 0 Å². The Morgan fingerprint density at radius 1 is 1.09 bits per heavy atom. The van der Waals surface area contributed by atoms with Crippen molar-refractivity contribution in [3.63, 3.8) is 0 Å². The minimum absolute atomic E-state index is 0.0514. The van der Waals surface area contributed by atoms with Gasteiger partial charge in [-0.1, -0.05) is 25.0 Å². The van der Waals surface area contributed by atoms with Gasteiger partial charge in [0.15, 0.2) is 0 Å². The van der Waals surface area contributed by atoms with E-state index in [9.17, 15) is 4.79 Å². The third-order valence-electron chi connectivity index (χ3n) is 4.68. The minimum atomic E-state index is -0.0514. The SMILES string of the molecule is Cn1c(=O)n(-c2ccc(NC3CCCC3)nc2)c2ccccc21. The lowest BCUT2D eigenvalue weighted by molar-refractivity contribution is 0.750. The molecule has 0 spiro atoms. The monoisotopic (exact) mass is 308 g/mol. The molecule has 3 aromatic rings. The second-order valence-electron chi connectivity index (χ2n) is 6.19. The molecule has 2 aromatic heterocycles. The summed E-state index contributed by atoms with van der Waals surface area (Å²) in [5.41, 5.74) is 2.57. The molecule has 0 aliphatic heterocycles. The van der Waals surface area contributed by atoms with Crippen LogP contribution in [0.1, 0.15) is 25.7 Å². The maximum Gasteiger partial charge on any atom is 0.333 e. The maximum atomic E-state index is 12.5. The van der Waals surface area contributed by atoms with Crippen LogP contribution < -0.4 is 11.0 Å². The zero-order valence-electron chi connectivity index (χ0n) is 13.2. The first-order chi connectivity index (χ1) is 11.2. The third kappa shape index (κ3) is 2.42. The molecule has 0 radical (unpaired) electrons. The van der Waals surface area contributed by atoms with Crippen molar-refractivity contribution in [1.82, 2.24) is 14.1 Å². The number of rotatable bonds is 3. The summed E-state index contributed by atoms with van der Waals surface area (Å²) in [6, 6.07) is 12.3. The molecule has 0 saturated heterocycles. The molecule has 5 nitrogen and oxygen atoms in total. The lowest BCUT2D eigenvalue weighted by Gasteiger charge is -2.12. The molecule has 1 aromatic carbocycles. The predicted molar refractivity (Wildman–Crippen MR) is 92.2 cm³/mol. The van der Waals surface area contributed by atoms with Gasteiger partial charge in [0.25, 0.3) is 0 Å². The second-order valence-corrected chi connectivity index (χ2v) is 6.19. The number of nitrogens with zero attached hydrogens (tertiary/aromatic N) is 3. The quantitative estimate of drug-likeness (QED) is 0.809. The van der Waals surface area contributed by atoms with E-state index in [4.69, 9.17) is 0 Å². The van der Waals surface area contributed by atoms with Crippen molar-refractivity contribution in [2.24, 2.45) is 7.05 Å². The molecule has 1 fully saturated rings. The number of fused-ring (bicyclic) bond motifs is 1. The highest BCUT2D eigenvalue weighted by Crippen LogP contribution is 2.22. The molecule has 1 saturated carbocycles. The molecule has 1 N–H and O–H groups in total. The largest absolute Gasteiger partial charge is 0.367 e. The molecule has 1 aliphatic carbocycles. The second kappa shape index (κ2) is 5.57. The topological polar surface area (TPSA) is 51.9 Å². The number of nitrogens with one attached hydrogen (secondary N) is 1. The Morgan fingerprint density at radius 2 is 1.83 bits per heavy atom. The summed E-state index contributed by atoms with van der Waals surface area (Å²) in [5, 5.41) is 3.47. The molecule has 1 aliphatic rings. The third-order valence-corrected chi connectivity index (χ3v) is 4.68. The highest BCUT2D eigenvalue weighted by atomic mass is 16.1. The molecule has 23 heavy (non-hydrogen) atoms. The molecule has 0 amide bonds. The summed E-state index contributed by atoms with van der Waals surface area (Å²) < 4.78 is 3.38. The molecule has 0 atom stereocenters. The van der Waals surface area contributed by atoms with Crippen LogP contribution in [-0.4, -0.2) is 20.2 Å². The van der Waals surface area contributed by atoms with Crippen molar-refractivity contribution in [2.45, 2.75) is 31.7 Å². The molecular formula is C18H20N4O. The van der Waals surface area contributed by atoms with E-state index in [0.717, 1.165) is 22.5 Å². The van der Waals surface area contributed by atoms with Crippen LogP contribution in [0.25, 0.3) is 16.7 Å². The summed E-state index contributed by atoms with van der Waals surface area (Å²) >= 11 is 0. The van der Waals surface area contributed by atoms with Gasteiger partial charge in [-0.15, -0.1) is 0 Å². The fourth-order valence-electron chi connectivity index (χ4n) is 3.43. The molecule has 0 unspecified atom stereocenters. The van der Waals surface area contributed by atoms with E-state index < -0.39 is 0 Å². The van der Waals surface area contributed by atoms with Crippen molar-refractivity contribution in [3.8, 4) is 5.69 Å². The van der Waals surface area contributed by atoms with Crippen LogP contribution in [0.15, 0.2) is 47.4 Å². The van der Waals surface area contributed by atoms with E-state index in [1.807, 2.05) is 36.4 Å². The Hall–Kier alpha value is -2.56. The van der Waals surface area contributed by atoms with Gasteiger partial charge in [-0.05, 0) is 37.1 Å². The Kier molecular flexibility index (Phi) is 3.41. The summed E-state index contributed by atoms with van der Waals surface area (Å²) in [4.78, 5) is 17.0. The van der Waals surface area contributed by atoms with E-state index in [1.165, 1.54) is 25.7 Å². The van der Waals surface area contributed by atoms with Crippen LogP contribution in [0.5, 0.6) is 0 Å². The van der Waals surface area contributed by atoms with E-state index in [1.54, 1.807) is 22.4 Å². The molecule has 118 valence electrons. The Balaban J connectivity index is 1.71. The Labute approximate surface area is 134 Å². The fraction of sp³-hybridized carbons (Fsp3) is 0.333. The smallest absolute Gasteiger partial charge is 0.333 e. The number of aromatic nitrogens is 3. The van der Waals surface area contributed by atoms with Gasteiger partial charge in [0.1, 0.15) is 5.82 Å². The molecule has 2 heterocycles. The van der Waals surface area contributed by atoms with Crippen LogP contribution >= 0.6 is 0 Å². The normalized spacial score (nSPS) is 15.3. The number of imidazole rings is 1. The van der Waals surface area contributed by atoms with Crippen molar-refractivity contribution in [3.05, 3.63) is 53.1 Å². The van der Waals surface area contributed by atoms with Gasteiger partial charge >= 0.3 is 5.69 Å². The van der Waals surface area contributed by atoms with Gasteiger partial charge in [0, 0.05) is 13.1 Å². The van der Waals surface area contributed by atoms with E-state index in [0.29, 0.717) is 6.04 Å². The minimum Gasteiger partial charge on any atom is -0.367 e. The standard InChI is InChI=1S/C18H20N4O/c1-21-15-8-4-5-9-16(15)22(18(21)23)14-10-11-17(19-12-14)20-13-6-2-3-7-13/h4-5,8-13H,2-3,6-7H2,1H3,(H,19,20). The van der Waals surface area contributed by atoms with Gasteiger partial charge in [0.2, 0.25) is 0 Å². The predicted octanol–water partition coefficient (Wildman–Crippen LogP) is 3.08. The number of hydrogen-bond acceptors (Lipinski definition) is 3. The summed E-state index contributed by atoms with van der Waals surface area (Å²) in [5.74, 6) is 0.883. The zero-order chi connectivity index (χ0) is 15.8. The first-order valence-electron chi connectivity index (χ1n) is 8.13. The zero-order valence-corrected chi connectivity index (χ0v) is 13.2. The van der Waals surface area contributed by atoms with Crippen molar-refractivity contribution < 1.29 is 0 Å². The summed E-state index contributed by atoms with van der Waals surface area (Å²) in [6.07, 6.45) is 6.78. The number of aryl methyl sites for hydroxylation is 1. The molecular weight excluding hydrogens is 288 g/mol. The van der Waals surface area contributed by atoms with Crippen LogP contribution in [0.3, 0.4) is 0 Å².